The first kappa shape index (κ1) is 11.4. The molecule has 0 radical (unpaired) electrons. The summed E-state index contributed by atoms with van der Waals surface area (Å²) in [6, 6.07) is -0.843. The van der Waals surface area contributed by atoms with Gasteiger partial charge in [0.05, 0.1) is 6.61 Å². The number of hydrogen-bond acceptors (Lipinski definition) is 4. The van der Waals surface area contributed by atoms with Crippen LogP contribution in [0.1, 0.15) is 6.92 Å². The summed E-state index contributed by atoms with van der Waals surface area (Å²) >= 11 is 0. The fourth-order valence-electron chi connectivity index (χ4n) is 0.718. The van der Waals surface area contributed by atoms with Crippen LogP contribution in [0.15, 0.2) is 0 Å². The Bertz CT molecular complexity index is 142. The van der Waals surface area contributed by atoms with Gasteiger partial charge in [0.2, 0.25) is 0 Å². The van der Waals surface area contributed by atoms with Crippen molar-refractivity contribution in [1.82, 2.24) is 5.23 Å². The molecule has 0 spiro atoms. The lowest BCUT2D eigenvalue weighted by Crippen LogP contribution is -2.47. The standard InChI is InChI=1S/C6H14BNO4/c1-3-12-4-5(6(9)10)8-7(2)11/h5,8,11H,3-4H2,1-2H3,(H,9,10). The smallest absolute Gasteiger partial charge is 0.374 e. The monoisotopic (exact) mass is 175 g/mol. The van der Waals surface area contributed by atoms with Crippen LogP contribution in [-0.2, 0) is 9.53 Å². The number of carboxylic acids is 1. The molecule has 0 bridgehead atoms. The molecule has 0 aliphatic carbocycles. The van der Waals surface area contributed by atoms with E-state index in [-0.39, 0.29) is 6.61 Å². The lowest BCUT2D eigenvalue weighted by Gasteiger charge is -2.13. The molecule has 0 aromatic heterocycles. The van der Waals surface area contributed by atoms with Gasteiger partial charge >= 0.3 is 13.0 Å². The van der Waals surface area contributed by atoms with Crippen molar-refractivity contribution >= 4 is 13.0 Å². The van der Waals surface area contributed by atoms with Crippen molar-refractivity contribution in [2.45, 2.75) is 19.8 Å². The van der Waals surface area contributed by atoms with E-state index in [9.17, 15) is 4.79 Å². The number of aliphatic carboxylic acids is 1. The summed E-state index contributed by atoms with van der Waals surface area (Å²) in [6.45, 7) is 3.77. The first-order valence-electron chi connectivity index (χ1n) is 3.82. The summed E-state index contributed by atoms with van der Waals surface area (Å²) in [6.07, 6.45) is 0. The summed E-state index contributed by atoms with van der Waals surface area (Å²) < 4.78 is 4.90. The molecule has 0 aliphatic rings. The van der Waals surface area contributed by atoms with Gasteiger partial charge in [-0.2, -0.15) is 0 Å². The Hall–Kier alpha value is -0.585. The predicted octanol–water partition coefficient (Wildman–Crippen LogP) is -0.824. The molecule has 0 saturated carbocycles. The molecule has 0 amide bonds. The first-order valence-corrected chi connectivity index (χ1v) is 3.82. The molecule has 0 fully saturated rings. The van der Waals surface area contributed by atoms with Gasteiger partial charge in [-0.1, -0.05) is 0 Å². The molecule has 5 nitrogen and oxygen atoms in total. The van der Waals surface area contributed by atoms with Crippen molar-refractivity contribution in [3.63, 3.8) is 0 Å². The molecule has 1 atom stereocenters. The largest absolute Gasteiger partial charge is 0.480 e. The van der Waals surface area contributed by atoms with Crippen LogP contribution in [0, 0.1) is 0 Å². The van der Waals surface area contributed by atoms with Crippen LogP contribution in [-0.4, -0.2) is 42.4 Å². The van der Waals surface area contributed by atoms with Crippen molar-refractivity contribution in [1.29, 1.82) is 0 Å². The lowest BCUT2D eigenvalue weighted by atomic mass is 9.87. The second-order valence-corrected chi connectivity index (χ2v) is 2.39. The third-order valence-electron chi connectivity index (χ3n) is 1.23. The van der Waals surface area contributed by atoms with Crippen molar-refractivity contribution in [3.8, 4) is 0 Å². The molecule has 0 aliphatic heterocycles. The first-order chi connectivity index (χ1) is 5.57. The zero-order valence-corrected chi connectivity index (χ0v) is 7.28. The maximum atomic E-state index is 10.5. The summed E-state index contributed by atoms with van der Waals surface area (Å²) in [5, 5.41) is 19.9. The summed E-state index contributed by atoms with van der Waals surface area (Å²) in [5.74, 6) is -1.02. The lowest BCUT2D eigenvalue weighted by molar-refractivity contribution is -0.140. The van der Waals surface area contributed by atoms with E-state index in [4.69, 9.17) is 14.9 Å². The number of ether oxygens (including phenoxy) is 1. The average molecular weight is 175 g/mol. The maximum Gasteiger partial charge on any atom is 0.374 e. The SMILES string of the molecule is CCOCC(NB(C)O)C(=O)O. The zero-order chi connectivity index (χ0) is 9.56. The van der Waals surface area contributed by atoms with E-state index >= 15 is 0 Å². The van der Waals surface area contributed by atoms with Gasteiger partial charge in [0.15, 0.2) is 0 Å². The molecular formula is C6H14BNO4. The van der Waals surface area contributed by atoms with Gasteiger partial charge in [-0.25, -0.2) is 0 Å². The molecule has 1 unspecified atom stereocenters. The van der Waals surface area contributed by atoms with Crippen LogP contribution in [0.25, 0.3) is 0 Å². The average Bonchev–Trinajstić information content (AvgIpc) is 1.96. The van der Waals surface area contributed by atoms with E-state index in [2.05, 4.69) is 5.23 Å². The van der Waals surface area contributed by atoms with Gasteiger partial charge in [0.1, 0.15) is 6.04 Å². The third-order valence-corrected chi connectivity index (χ3v) is 1.23. The van der Waals surface area contributed by atoms with Crippen molar-refractivity contribution in [2.24, 2.45) is 0 Å². The van der Waals surface area contributed by atoms with E-state index in [1.807, 2.05) is 0 Å². The Kier molecular flexibility index (Phi) is 5.70. The van der Waals surface area contributed by atoms with Crippen LogP contribution < -0.4 is 5.23 Å². The quantitative estimate of drug-likeness (QED) is 0.459. The second-order valence-electron chi connectivity index (χ2n) is 2.39. The van der Waals surface area contributed by atoms with Crippen LogP contribution in [0.3, 0.4) is 0 Å². The predicted molar refractivity (Wildman–Crippen MR) is 44.9 cm³/mol. The van der Waals surface area contributed by atoms with Gasteiger partial charge in [0.25, 0.3) is 0 Å². The Morgan fingerprint density at radius 1 is 1.75 bits per heavy atom. The van der Waals surface area contributed by atoms with Gasteiger partial charge < -0.3 is 20.1 Å². The summed E-state index contributed by atoms with van der Waals surface area (Å²) in [5.41, 5.74) is 0. The zero-order valence-electron chi connectivity index (χ0n) is 7.28. The summed E-state index contributed by atoms with van der Waals surface area (Å²) in [7, 11) is -0.841. The number of nitrogens with one attached hydrogen (secondary N) is 1. The van der Waals surface area contributed by atoms with Crippen molar-refractivity contribution in [2.75, 3.05) is 13.2 Å². The fraction of sp³-hybridized carbons (Fsp3) is 0.833. The molecule has 12 heavy (non-hydrogen) atoms. The molecule has 6 heteroatoms. The van der Waals surface area contributed by atoms with E-state index < -0.39 is 19.1 Å². The van der Waals surface area contributed by atoms with Gasteiger partial charge in [-0.3, -0.25) is 4.79 Å². The molecule has 70 valence electrons. The number of carboxylic acid groups (broad SMARTS) is 1. The van der Waals surface area contributed by atoms with Gasteiger partial charge in [-0.15, -0.1) is 0 Å². The summed E-state index contributed by atoms with van der Waals surface area (Å²) in [4.78, 5) is 10.5. The molecule has 0 saturated heterocycles. The van der Waals surface area contributed by atoms with E-state index in [1.165, 1.54) is 6.82 Å². The highest BCUT2D eigenvalue weighted by Crippen LogP contribution is 1.87. The topological polar surface area (TPSA) is 78.8 Å². The van der Waals surface area contributed by atoms with Crippen LogP contribution in [0.5, 0.6) is 0 Å². The Morgan fingerprint density at radius 2 is 2.33 bits per heavy atom. The molecule has 0 aromatic rings. The highest BCUT2D eigenvalue weighted by molar-refractivity contribution is 6.46. The highest BCUT2D eigenvalue weighted by atomic mass is 16.5. The highest BCUT2D eigenvalue weighted by Gasteiger charge is 2.19. The Balaban J connectivity index is 3.78. The fourth-order valence-corrected chi connectivity index (χ4v) is 0.718. The van der Waals surface area contributed by atoms with Crippen LogP contribution >= 0.6 is 0 Å². The number of rotatable bonds is 6. The molecule has 0 heterocycles. The Morgan fingerprint density at radius 3 is 2.67 bits per heavy atom. The van der Waals surface area contributed by atoms with Crippen LogP contribution in [0.4, 0.5) is 0 Å². The minimum absolute atomic E-state index is 0.0662. The van der Waals surface area contributed by atoms with E-state index in [0.29, 0.717) is 6.61 Å². The second kappa shape index (κ2) is 5.99. The van der Waals surface area contributed by atoms with Crippen molar-refractivity contribution in [3.05, 3.63) is 0 Å². The Labute approximate surface area is 71.9 Å². The number of hydrogen-bond donors (Lipinski definition) is 3. The number of carbonyl (C=O) groups is 1. The molecule has 0 rings (SSSR count). The molecular weight excluding hydrogens is 161 g/mol. The molecule has 0 aromatic carbocycles. The van der Waals surface area contributed by atoms with Gasteiger partial charge in [-0.05, 0) is 13.7 Å². The maximum absolute atomic E-state index is 10.5. The van der Waals surface area contributed by atoms with E-state index in [0.717, 1.165) is 0 Å². The van der Waals surface area contributed by atoms with Crippen molar-refractivity contribution < 1.29 is 19.7 Å². The minimum atomic E-state index is -1.02. The molecule has 3 N–H and O–H groups in total. The van der Waals surface area contributed by atoms with Gasteiger partial charge in [0, 0.05) is 6.61 Å². The van der Waals surface area contributed by atoms with Crippen LogP contribution in [0.2, 0.25) is 6.82 Å². The van der Waals surface area contributed by atoms with E-state index in [1.54, 1.807) is 6.92 Å². The third kappa shape index (κ3) is 5.12. The minimum Gasteiger partial charge on any atom is -0.480 e. The normalized spacial score (nSPS) is 12.6.